The fourth-order valence-corrected chi connectivity index (χ4v) is 3.58. The van der Waals surface area contributed by atoms with E-state index in [1.54, 1.807) is 20.2 Å². The Morgan fingerprint density at radius 2 is 1.91 bits per heavy atom. The molecule has 0 aliphatic rings. The van der Waals surface area contributed by atoms with E-state index < -0.39 is 23.1 Å². The first kappa shape index (κ1) is 22.9. The average molecular weight is 461 g/mol. The van der Waals surface area contributed by atoms with Gasteiger partial charge in [-0.2, -0.15) is 0 Å². The summed E-state index contributed by atoms with van der Waals surface area (Å²) in [5.74, 6) is 4.02. The number of nitrogens with one attached hydrogen (secondary N) is 1. The zero-order valence-electron chi connectivity index (χ0n) is 18.8. The van der Waals surface area contributed by atoms with Gasteiger partial charge in [-0.25, -0.2) is 23.4 Å². The molecule has 2 aromatic carbocycles. The number of hydrogen-bond acceptors (Lipinski definition) is 4. The minimum Gasteiger partial charge on any atom is -0.341 e. The Labute approximate surface area is 194 Å². The van der Waals surface area contributed by atoms with E-state index in [2.05, 4.69) is 27.1 Å². The van der Waals surface area contributed by atoms with Crippen LogP contribution >= 0.6 is 0 Å². The molecule has 0 spiro atoms. The van der Waals surface area contributed by atoms with Gasteiger partial charge in [-0.3, -0.25) is 14.3 Å². The molecule has 0 aliphatic carbocycles. The van der Waals surface area contributed by atoms with E-state index in [0.29, 0.717) is 17.1 Å². The average Bonchev–Trinajstić information content (AvgIpc) is 3.02. The number of fused-ring (bicyclic) bond motifs is 1. The van der Waals surface area contributed by atoms with Crippen molar-refractivity contribution in [1.29, 1.82) is 0 Å². The molecule has 0 saturated heterocycles. The van der Waals surface area contributed by atoms with E-state index in [1.165, 1.54) is 15.4 Å². The van der Waals surface area contributed by atoms with Crippen LogP contribution in [0.15, 0.2) is 47.4 Å². The van der Waals surface area contributed by atoms with Crippen molar-refractivity contribution in [3.8, 4) is 11.8 Å². The topological polar surface area (TPSA) is 81.8 Å². The van der Waals surface area contributed by atoms with Gasteiger partial charge in [0.2, 0.25) is 0 Å². The van der Waals surface area contributed by atoms with Gasteiger partial charge in [0.05, 0.1) is 18.6 Å². The second-order valence-corrected chi connectivity index (χ2v) is 7.77. The van der Waals surface area contributed by atoms with Crippen molar-refractivity contribution in [3.05, 3.63) is 92.8 Å². The molecule has 9 heteroatoms. The number of carbonyl (C=O) groups is 1. The zero-order valence-corrected chi connectivity index (χ0v) is 18.8. The summed E-state index contributed by atoms with van der Waals surface area (Å²) >= 11 is 0. The van der Waals surface area contributed by atoms with Crippen LogP contribution in [0.3, 0.4) is 0 Å². The van der Waals surface area contributed by atoms with E-state index in [0.717, 1.165) is 28.6 Å². The summed E-state index contributed by atoms with van der Waals surface area (Å²) in [6.45, 7) is 3.49. The molecule has 7 nitrogen and oxygen atoms in total. The Hall–Kier alpha value is -4.32. The summed E-state index contributed by atoms with van der Waals surface area (Å²) in [4.78, 5) is 34.1. The highest BCUT2D eigenvalue weighted by molar-refractivity contribution is 5.95. The second-order valence-electron chi connectivity index (χ2n) is 7.77. The minimum atomic E-state index is -0.998. The Bertz CT molecular complexity index is 1540. The zero-order chi connectivity index (χ0) is 24.4. The van der Waals surface area contributed by atoms with Crippen LogP contribution in [-0.4, -0.2) is 31.8 Å². The molecule has 0 aliphatic heterocycles. The maximum atomic E-state index is 13.5. The Balaban J connectivity index is 1.48. The largest absolute Gasteiger partial charge is 0.341 e. The second kappa shape index (κ2) is 9.27. The number of hydrogen-bond donors (Lipinski definition) is 1. The standard InChI is InChI=1S/C25H21F2N5O2/c1-15-23(25(34)32(31(15)3)14-18-6-8-20(26)21(27)12-18)24(33)28-10-4-5-17-7-9-22-19(11-17)13-29-16(2)30-22/h6-9,11-13H,10,14H2,1-3H3,(H,28,33). The van der Waals surface area contributed by atoms with Crippen LogP contribution in [0.5, 0.6) is 0 Å². The van der Waals surface area contributed by atoms with Crippen molar-refractivity contribution in [2.75, 3.05) is 6.54 Å². The number of aromatic nitrogens is 4. The van der Waals surface area contributed by atoms with E-state index in [4.69, 9.17) is 0 Å². The molecule has 0 saturated carbocycles. The third kappa shape index (κ3) is 4.57. The predicted molar refractivity (Wildman–Crippen MR) is 123 cm³/mol. The van der Waals surface area contributed by atoms with Crippen molar-refractivity contribution in [2.45, 2.75) is 20.4 Å². The number of aryl methyl sites for hydroxylation is 1. The van der Waals surface area contributed by atoms with Gasteiger partial charge in [-0.15, -0.1) is 0 Å². The van der Waals surface area contributed by atoms with Crippen LogP contribution in [-0.2, 0) is 13.6 Å². The van der Waals surface area contributed by atoms with Gasteiger partial charge in [0, 0.05) is 29.9 Å². The van der Waals surface area contributed by atoms with Crippen molar-refractivity contribution < 1.29 is 13.6 Å². The SMILES string of the molecule is Cc1ncc2cc(C#CCNC(=O)c3c(C)n(C)n(Cc4ccc(F)c(F)c4)c3=O)ccc2n1. The molecule has 172 valence electrons. The maximum absolute atomic E-state index is 13.5. The number of benzene rings is 2. The van der Waals surface area contributed by atoms with E-state index >= 15 is 0 Å². The number of halogens is 2. The quantitative estimate of drug-likeness (QED) is 0.474. The van der Waals surface area contributed by atoms with Crippen LogP contribution in [0.1, 0.15) is 33.0 Å². The third-order valence-electron chi connectivity index (χ3n) is 5.47. The van der Waals surface area contributed by atoms with E-state index in [-0.39, 0.29) is 18.7 Å². The lowest BCUT2D eigenvalue weighted by Gasteiger charge is -2.08. The summed E-state index contributed by atoms with van der Waals surface area (Å²) in [6, 6.07) is 8.97. The van der Waals surface area contributed by atoms with Gasteiger partial charge in [-0.05, 0) is 49.7 Å². The molecule has 2 heterocycles. The smallest absolute Gasteiger partial charge is 0.280 e. The van der Waals surface area contributed by atoms with Crippen molar-refractivity contribution in [2.24, 2.45) is 7.05 Å². The van der Waals surface area contributed by atoms with Crippen LogP contribution in [0.25, 0.3) is 10.9 Å². The molecule has 0 atom stereocenters. The molecule has 0 fully saturated rings. The molecule has 1 amide bonds. The first-order valence-corrected chi connectivity index (χ1v) is 10.5. The monoisotopic (exact) mass is 461 g/mol. The van der Waals surface area contributed by atoms with E-state index in [1.807, 2.05) is 25.1 Å². The van der Waals surface area contributed by atoms with Gasteiger partial charge < -0.3 is 5.32 Å². The first-order chi connectivity index (χ1) is 16.2. The van der Waals surface area contributed by atoms with Crippen LogP contribution < -0.4 is 10.9 Å². The Kier molecular flexibility index (Phi) is 6.23. The lowest BCUT2D eigenvalue weighted by atomic mass is 10.1. The first-order valence-electron chi connectivity index (χ1n) is 10.5. The van der Waals surface area contributed by atoms with Gasteiger partial charge in [-0.1, -0.05) is 17.9 Å². The lowest BCUT2D eigenvalue weighted by molar-refractivity contribution is 0.0957. The molecular formula is C25H21F2N5O2. The maximum Gasteiger partial charge on any atom is 0.280 e. The molecule has 34 heavy (non-hydrogen) atoms. The highest BCUT2D eigenvalue weighted by Gasteiger charge is 2.21. The third-order valence-corrected chi connectivity index (χ3v) is 5.47. The fourth-order valence-electron chi connectivity index (χ4n) is 3.58. The molecule has 0 bridgehead atoms. The van der Waals surface area contributed by atoms with Gasteiger partial charge >= 0.3 is 0 Å². The number of amides is 1. The Morgan fingerprint density at radius 1 is 1.12 bits per heavy atom. The van der Waals surface area contributed by atoms with Gasteiger partial charge in [0.1, 0.15) is 11.4 Å². The normalized spacial score (nSPS) is 10.7. The van der Waals surface area contributed by atoms with Crippen molar-refractivity contribution >= 4 is 16.8 Å². The molecule has 4 aromatic rings. The van der Waals surface area contributed by atoms with Crippen molar-refractivity contribution in [1.82, 2.24) is 24.6 Å². The molecule has 1 N–H and O–H groups in total. The minimum absolute atomic E-state index is 0.00827. The van der Waals surface area contributed by atoms with Gasteiger partial charge in [0.15, 0.2) is 11.6 Å². The molecule has 0 radical (unpaired) electrons. The predicted octanol–water partition coefficient (Wildman–Crippen LogP) is 2.85. The highest BCUT2D eigenvalue weighted by atomic mass is 19.2. The number of carbonyl (C=O) groups excluding carboxylic acids is 1. The summed E-state index contributed by atoms with van der Waals surface area (Å²) in [6.07, 6.45) is 1.73. The molecule has 4 rings (SSSR count). The number of nitrogens with zero attached hydrogens (tertiary/aromatic N) is 4. The van der Waals surface area contributed by atoms with Gasteiger partial charge in [0.25, 0.3) is 11.5 Å². The summed E-state index contributed by atoms with van der Waals surface area (Å²) in [7, 11) is 1.62. The summed E-state index contributed by atoms with van der Waals surface area (Å²) in [5.41, 5.74) is 1.87. The fraction of sp³-hybridized carbons (Fsp3) is 0.200. The molecular weight excluding hydrogens is 440 g/mol. The van der Waals surface area contributed by atoms with Crippen LogP contribution in [0.2, 0.25) is 0 Å². The Morgan fingerprint density at radius 3 is 2.68 bits per heavy atom. The molecule has 0 unspecified atom stereocenters. The summed E-state index contributed by atoms with van der Waals surface area (Å²) < 4.78 is 29.5. The summed E-state index contributed by atoms with van der Waals surface area (Å²) in [5, 5.41) is 3.51. The highest BCUT2D eigenvalue weighted by Crippen LogP contribution is 2.13. The van der Waals surface area contributed by atoms with Crippen LogP contribution in [0.4, 0.5) is 8.78 Å². The lowest BCUT2D eigenvalue weighted by Crippen LogP contribution is -2.31. The number of rotatable bonds is 4. The van der Waals surface area contributed by atoms with Crippen LogP contribution in [0, 0.1) is 37.3 Å². The molecule has 2 aromatic heterocycles. The van der Waals surface area contributed by atoms with Crippen molar-refractivity contribution in [3.63, 3.8) is 0 Å². The van der Waals surface area contributed by atoms with E-state index in [9.17, 15) is 18.4 Å².